The number of aromatic nitrogens is 2. The molecule has 11 heteroatoms. The van der Waals surface area contributed by atoms with Gasteiger partial charge in [0.2, 0.25) is 10.0 Å². The molecule has 0 atom stereocenters. The van der Waals surface area contributed by atoms with Crippen molar-refractivity contribution < 1.29 is 26.3 Å². The fraction of sp³-hybridized carbons (Fsp3) is 0.412. The Hall–Kier alpha value is -2.24. The molecule has 28 heavy (non-hydrogen) atoms. The average Bonchev–Trinajstić information content (AvgIpc) is 2.66. The third kappa shape index (κ3) is 4.97. The third-order valence-corrected chi connectivity index (χ3v) is 5.55. The van der Waals surface area contributed by atoms with Crippen molar-refractivity contribution in [1.29, 1.82) is 0 Å². The van der Waals surface area contributed by atoms with Crippen LogP contribution in [-0.2, 0) is 27.5 Å². The second kappa shape index (κ2) is 8.02. The number of morpholine rings is 1. The normalized spacial score (nSPS) is 15.6. The van der Waals surface area contributed by atoms with Gasteiger partial charge < -0.3 is 9.64 Å². The maximum atomic E-state index is 12.6. The largest absolute Gasteiger partial charge is 0.416 e. The number of ether oxygens (including phenoxy) is 1. The summed E-state index contributed by atoms with van der Waals surface area (Å²) in [6.45, 7) is 4.11. The lowest BCUT2D eigenvalue weighted by molar-refractivity contribution is -0.137. The van der Waals surface area contributed by atoms with E-state index in [2.05, 4.69) is 14.7 Å². The number of anilines is 1. The number of hydrogen-bond acceptors (Lipinski definition) is 6. The molecular weight excluding hydrogens is 397 g/mol. The van der Waals surface area contributed by atoms with Gasteiger partial charge in [0.25, 0.3) is 0 Å². The van der Waals surface area contributed by atoms with Gasteiger partial charge in [-0.15, -0.1) is 0 Å². The number of rotatable bonds is 5. The van der Waals surface area contributed by atoms with Crippen LogP contribution in [0.25, 0.3) is 0 Å². The van der Waals surface area contributed by atoms with Crippen molar-refractivity contribution in [2.45, 2.75) is 24.5 Å². The Morgan fingerprint density at radius 3 is 2.39 bits per heavy atom. The van der Waals surface area contributed by atoms with Crippen molar-refractivity contribution in [3.63, 3.8) is 0 Å². The Labute approximate surface area is 160 Å². The molecular formula is C17H19F3N4O3S. The van der Waals surface area contributed by atoms with E-state index in [4.69, 9.17) is 4.74 Å². The van der Waals surface area contributed by atoms with Gasteiger partial charge in [-0.05, 0) is 31.2 Å². The van der Waals surface area contributed by atoms with Crippen molar-refractivity contribution >= 4 is 15.8 Å². The SMILES string of the molecule is Cc1cc(N2CCOCC2)nc(CNS(=O)(=O)c2ccc(C(F)(F)F)cc2)n1. The lowest BCUT2D eigenvalue weighted by Crippen LogP contribution is -2.37. The highest BCUT2D eigenvalue weighted by Crippen LogP contribution is 2.29. The minimum atomic E-state index is -4.53. The molecule has 1 saturated heterocycles. The maximum Gasteiger partial charge on any atom is 0.416 e. The van der Waals surface area contributed by atoms with Crippen LogP contribution in [0.3, 0.4) is 0 Å². The Bertz CT molecular complexity index is 928. The number of benzene rings is 1. The molecule has 2 heterocycles. The van der Waals surface area contributed by atoms with Gasteiger partial charge in [0, 0.05) is 24.8 Å². The molecule has 0 aliphatic carbocycles. The standard InChI is InChI=1S/C17H19F3N4O3S/c1-12-10-16(24-6-8-27-9-7-24)23-15(22-12)11-21-28(25,26)14-4-2-13(3-5-14)17(18,19)20/h2-5,10,21H,6-9,11H2,1H3. The molecule has 1 aromatic heterocycles. The summed E-state index contributed by atoms with van der Waals surface area (Å²) >= 11 is 0. The molecule has 0 bridgehead atoms. The Balaban J connectivity index is 1.73. The maximum absolute atomic E-state index is 12.6. The Morgan fingerprint density at radius 1 is 1.14 bits per heavy atom. The average molecular weight is 416 g/mol. The molecule has 1 aliphatic heterocycles. The topological polar surface area (TPSA) is 84.4 Å². The second-order valence-corrected chi connectivity index (χ2v) is 8.00. The van der Waals surface area contributed by atoms with Crippen molar-refractivity contribution in [2.24, 2.45) is 0 Å². The first-order valence-electron chi connectivity index (χ1n) is 8.49. The summed E-state index contributed by atoms with van der Waals surface area (Å²) in [5.41, 5.74) is -0.233. The summed E-state index contributed by atoms with van der Waals surface area (Å²) in [7, 11) is -4.00. The van der Waals surface area contributed by atoms with Crippen molar-refractivity contribution in [1.82, 2.24) is 14.7 Å². The van der Waals surface area contributed by atoms with Gasteiger partial charge in [0.15, 0.2) is 0 Å². The smallest absolute Gasteiger partial charge is 0.378 e. The molecule has 7 nitrogen and oxygen atoms in total. The molecule has 2 aromatic rings. The number of sulfonamides is 1. The fourth-order valence-electron chi connectivity index (χ4n) is 2.71. The van der Waals surface area contributed by atoms with Gasteiger partial charge in [-0.2, -0.15) is 13.2 Å². The first-order chi connectivity index (χ1) is 13.1. The highest BCUT2D eigenvalue weighted by Gasteiger charge is 2.30. The monoisotopic (exact) mass is 416 g/mol. The molecule has 1 aliphatic rings. The van der Waals surface area contributed by atoms with Crippen LogP contribution in [0.5, 0.6) is 0 Å². The van der Waals surface area contributed by atoms with E-state index in [0.717, 1.165) is 24.3 Å². The highest BCUT2D eigenvalue weighted by molar-refractivity contribution is 7.89. The molecule has 0 spiro atoms. The zero-order valence-electron chi connectivity index (χ0n) is 15.0. The number of nitrogens with one attached hydrogen (secondary N) is 1. The van der Waals surface area contributed by atoms with E-state index in [1.165, 1.54) is 0 Å². The highest BCUT2D eigenvalue weighted by atomic mass is 32.2. The van der Waals surface area contributed by atoms with E-state index in [-0.39, 0.29) is 17.3 Å². The summed E-state index contributed by atoms with van der Waals surface area (Å²) in [4.78, 5) is 10.4. The third-order valence-electron chi connectivity index (χ3n) is 4.13. The van der Waals surface area contributed by atoms with Gasteiger partial charge in [-0.1, -0.05) is 0 Å². The van der Waals surface area contributed by atoms with Crippen molar-refractivity contribution in [2.75, 3.05) is 31.2 Å². The van der Waals surface area contributed by atoms with E-state index in [1.54, 1.807) is 13.0 Å². The van der Waals surface area contributed by atoms with Crippen molar-refractivity contribution in [3.8, 4) is 0 Å². The Morgan fingerprint density at radius 2 is 1.79 bits per heavy atom. The number of nitrogens with zero attached hydrogens (tertiary/aromatic N) is 3. The number of alkyl halides is 3. The molecule has 1 fully saturated rings. The van der Waals surface area contributed by atoms with Gasteiger partial charge in [0.05, 0.1) is 30.2 Å². The molecule has 0 radical (unpaired) electrons. The van der Waals surface area contributed by atoms with Gasteiger partial charge in [-0.25, -0.2) is 23.1 Å². The van der Waals surface area contributed by atoms with E-state index in [0.29, 0.717) is 37.8 Å². The van der Waals surface area contributed by atoms with Crippen LogP contribution in [0.4, 0.5) is 19.0 Å². The molecule has 3 rings (SSSR count). The molecule has 152 valence electrons. The minimum absolute atomic E-state index is 0.178. The van der Waals surface area contributed by atoms with Gasteiger partial charge in [0.1, 0.15) is 11.6 Å². The van der Waals surface area contributed by atoms with E-state index >= 15 is 0 Å². The van der Waals surface area contributed by atoms with Crippen LogP contribution in [0.15, 0.2) is 35.2 Å². The number of halogens is 3. The zero-order chi connectivity index (χ0) is 20.4. The van der Waals surface area contributed by atoms with Crippen LogP contribution in [0, 0.1) is 6.92 Å². The van der Waals surface area contributed by atoms with E-state index in [1.807, 2.05) is 4.90 Å². The van der Waals surface area contributed by atoms with Gasteiger partial charge >= 0.3 is 6.18 Å². The molecule has 1 aromatic carbocycles. The molecule has 1 N–H and O–H groups in total. The predicted molar refractivity (Wildman–Crippen MR) is 95.3 cm³/mol. The van der Waals surface area contributed by atoms with Crippen LogP contribution in [0.2, 0.25) is 0 Å². The zero-order valence-corrected chi connectivity index (χ0v) is 15.8. The summed E-state index contributed by atoms with van der Waals surface area (Å²) in [6.07, 6.45) is -4.53. The predicted octanol–water partition coefficient (Wildman–Crippen LogP) is 2.12. The second-order valence-electron chi connectivity index (χ2n) is 6.23. The van der Waals surface area contributed by atoms with Crippen LogP contribution < -0.4 is 9.62 Å². The molecule has 0 unspecified atom stereocenters. The molecule has 0 saturated carbocycles. The summed E-state index contributed by atoms with van der Waals surface area (Å²) < 4.78 is 70.2. The molecule has 0 amide bonds. The van der Waals surface area contributed by atoms with Gasteiger partial charge in [-0.3, -0.25) is 0 Å². The van der Waals surface area contributed by atoms with Crippen LogP contribution in [-0.4, -0.2) is 44.7 Å². The number of aryl methyl sites for hydroxylation is 1. The van der Waals surface area contributed by atoms with Crippen LogP contribution >= 0.6 is 0 Å². The van der Waals surface area contributed by atoms with E-state index < -0.39 is 21.8 Å². The summed E-state index contributed by atoms with van der Waals surface area (Å²) in [6, 6.07) is 5.10. The minimum Gasteiger partial charge on any atom is -0.378 e. The lowest BCUT2D eigenvalue weighted by atomic mass is 10.2. The van der Waals surface area contributed by atoms with Crippen molar-refractivity contribution in [3.05, 3.63) is 47.4 Å². The Kier molecular flexibility index (Phi) is 5.87. The van der Waals surface area contributed by atoms with E-state index in [9.17, 15) is 21.6 Å². The summed E-state index contributed by atoms with van der Waals surface area (Å²) in [5.74, 6) is 0.955. The summed E-state index contributed by atoms with van der Waals surface area (Å²) in [5, 5.41) is 0. The quantitative estimate of drug-likeness (QED) is 0.804. The lowest BCUT2D eigenvalue weighted by Gasteiger charge is -2.28. The number of hydrogen-bond donors (Lipinski definition) is 1. The van der Waals surface area contributed by atoms with Crippen LogP contribution in [0.1, 0.15) is 17.1 Å². The first-order valence-corrected chi connectivity index (χ1v) is 9.98. The fourth-order valence-corrected chi connectivity index (χ4v) is 3.69. The first kappa shape index (κ1) is 20.5.